The van der Waals surface area contributed by atoms with Gasteiger partial charge in [-0.25, -0.2) is 17.2 Å². The smallest absolute Gasteiger partial charge is 0.220 e. The van der Waals surface area contributed by atoms with Crippen molar-refractivity contribution in [1.29, 1.82) is 0 Å². The molecule has 158 valence electrons. The van der Waals surface area contributed by atoms with Crippen LogP contribution < -0.4 is 5.32 Å². The van der Waals surface area contributed by atoms with E-state index in [1.807, 2.05) is 0 Å². The fraction of sp³-hybridized carbons (Fsp3) is 0.286. The minimum atomic E-state index is -3.37. The maximum Gasteiger partial charge on any atom is 0.220 e. The number of amides is 1. The largest absolute Gasteiger partial charge is 0.390 e. The number of aromatic nitrogens is 1. The molecule has 0 bridgehead atoms. The molecule has 4 rings (SSSR count). The van der Waals surface area contributed by atoms with E-state index in [4.69, 9.17) is 0 Å². The first kappa shape index (κ1) is 20.5. The lowest BCUT2D eigenvalue weighted by Gasteiger charge is -2.15. The minimum Gasteiger partial charge on any atom is -0.390 e. The van der Waals surface area contributed by atoms with Crippen molar-refractivity contribution in [2.45, 2.75) is 25.0 Å². The molecule has 1 aliphatic rings. The highest BCUT2D eigenvalue weighted by Gasteiger charge is 2.37. The van der Waals surface area contributed by atoms with Crippen LogP contribution in [0.2, 0.25) is 0 Å². The number of carbonyl (C=O) groups excluding carboxylic acids is 1. The summed E-state index contributed by atoms with van der Waals surface area (Å²) in [6, 6.07) is 9.30. The van der Waals surface area contributed by atoms with Gasteiger partial charge in [0.25, 0.3) is 0 Å². The summed E-state index contributed by atoms with van der Waals surface area (Å²) in [6.45, 7) is 0. The van der Waals surface area contributed by atoms with Crippen molar-refractivity contribution in [1.82, 2.24) is 10.3 Å². The monoisotopic (exact) mass is 434 g/mol. The third-order valence-electron chi connectivity index (χ3n) is 5.27. The van der Waals surface area contributed by atoms with Crippen molar-refractivity contribution in [3.05, 3.63) is 59.7 Å². The highest BCUT2D eigenvalue weighted by atomic mass is 32.2. The fourth-order valence-electron chi connectivity index (χ4n) is 3.83. The molecule has 30 heavy (non-hydrogen) atoms. The Hall–Kier alpha value is -2.78. The highest BCUT2D eigenvalue weighted by molar-refractivity contribution is 7.91. The predicted molar refractivity (Wildman–Crippen MR) is 109 cm³/mol. The molecule has 0 saturated carbocycles. The number of fused-ring (bicyclic) bond motifs is 1. The second-order valence-corrected chi connectivity index (χ2v) is 9.65. The number of aliphatic hydroxyl groups excluding tert-OH is 1. The van der Waals surface area contributed by atoms with E-state index in [0.29, 0.717) is 27.7 Å². The van der Waals surface area contributed by atoms with E-state index in [1.165, 1.54) is 24.3 Å². The van der Waals surface area contributed by atoms with E-state index < -0.39 is 33.7 Å². The van der Waals surface area contributed by atoms with Crippen LogP contribution in [-0.2, 0) is 21.1 Å². The molecule has 9 heteroatoms. The molecule has 0 spiro atoms. The zero-order valence-corrected chi connectivity index (χ0v) is 16.7. The summed E-state index contributed by atoms with van der Waals surface area (Å²) in [4.78, 5) is 15.6. The third-order valence-corrected chi connectivity index (χ3v) is 6.99. The van der Waals surface area contributed by atoms with Gasteiger partial charge in [0.2, 0.25) is 5.91 Å². The molecule has 0 aliphatic carbocycles. The molecule has 1 aromatic heterocycles. The first-order chi connectivity index (χ1) is 14.2. The third kappa shape index (κ3) is 4.22. The van der Waals surface area contributed by atoms with Gasteiger partial charge in [-0.15, -0.1) is 0 Å². The summed E-state index contributed by atoms with van der Waals surface area (Å²) >= 11 is 0. The number of hydrogen-bond donors (Lipinski definition) is 3. The van der Waals surface area contributed by atoms with Crippen LogP contribution >= 0.6 is 0 Å². The number of halogens is 2. The first-order valence-corrected chi connectivity index (χ1v) is 11.3. The SMILES string of the molecule is O=C(CCc1c(-c2ccc(F)cc2)[nH]c2ccc(F)cc12)N[C@@H]1CS(=O)(=O)C[C@H]1O. The molecular weight excluding hydrogens is 414 g/mol. The van der Waals surface area contributed by atoms with Crippen LogP contribution in [0.5, 0.6) is 0 Å². The Morgan fingerprint density at radius 3 is 2.47 bits per heavy atom. The average Bonchev–Trinajstić information content (AvgIpc) is 3.16. The Kier molecular flexibility index (Phi) is 5.33. The number of aryl methyl sites for hydroxylation is 1. The molecule has 1 aliphatic heterocycles. The molecule has 1 saturated heterocycles. The summed E-state index contributed by atoms with van der Waals surface area (Å²) in [7, 11) is -3.37. The van der Waals surface area contributed by atoms with Crippen molar-refractivity contribution in [2.75, 3.05) is 11.5 Å². The number of nitrogens with one attached hydrogen (secondary N) is 2. The molecule has 3 N–H and O–H groups in total. The van der Waals surface area contributed by atoms with E-state index in [2.05, 4.69) is 10.3 Å². The van der Waals surface area contributed by atoms with Crippen molar-refractivity contribution in [2.24, 2.45) is 0 Å². The Labute approximate surface area is 171 Å². The van der Waals surface area contributed by atoms with Gasteiger partial charge in [-0.1, -0.05) is 0 Å². The van der Waals surface area contributed by atoms with Gasteiger partial charge in [-0.2, -0.15) is 0 Å². The predicted octanol–water partition coefficient (Wildman–Crippen LogP) is 2.32. The molecule has 3 aromatic rings. The fourth-order valence-corrected chi connectivity index (χ4v) is 5.57. The summed E-state index contributed by atoms with van der Waals surface area (Å²) < 4.78 is 50.4. The van der Waals surface area contributed by atoms with Crippen molar-refractivity contribution < 1.29 is 27.1 Å². The molecule has 2 heterocycles. The van der Waals surface area contributed by atoms with Crippen LogP contribution in [0.3, 0.4) is 0 Å². The number of rotatable bonds is 5. The van der Waals surface area contributed by atoms with Gasteiger partial charge in [-0.05, 0) is 60.0 Å². The zero-order chi connectivity index (χ0) is 21.5. The number of aromatic amines is 1. The van der Waals surface area contributed by atoms with Crippen LogP contribution in [0, 0.1) is 11.6 Å². The number of aliphatic hydroxyl groups is 1. The molecule has 6 nitrogen and oxygen atoms in total. The lowest BCUT2D eigenvalue weighted by molar-refractivity contribution is -0.122. The standard InChI is InChI=1S/C21H20F2N2O4S/c22-13-3-1-12(2-4-13)21-15(16-9-14(23)5-7-17(16)25-21)6-8-20(27)24-18-10-30(28,29)11-19(18)26/h1-5,7,9,18-19,25-26H,6,8,10-11H2,(H,24,27)/t18-,19-/m1/s1. The molecule has 0 radical (unpaired) electrons. The Bertz CT molecular complexity index is 1210. The van der Waals surface area contributed by atoms with Crippen LogP contribution in [-0.4, -0.2) is 48.1 Å². The molecule has 2 aromatic carbocycles. The molecule has 0 unspecified atom stereocenters. The van der Waals surface area contributed by atoms with E-state index in [1.54, 1.807) is 18.2 Å². The Morgan fingerprint density at radius 2 is 1.80 bits per heavy atom. The molecule has 2 atom stereocenters. The van der Waals surface area contributed by atoms with Gasteiger partial charge in [0.15, 0.2) is 9.84 Å². The normalized spacial score (nSPS) is 20.5. The molecule has 1 fully saturated rings. The molecular formula is C21H20F2N2O4S. The number of carbonyl (C=O) groups is 1. The van der Waals surface area contributed by atoms with E-state index in [-0.39, 0.29) is 30.2 Å². The lowest BCUT2D eigenvalue weighted by atomic mass is 10.0. The van der Waals surface area contributed by atoms with Crippen molar-refractivity contribution in [3.8, 4) is 11.3 Å². The maximum absolute atomic E-state index is 13.8. The highest BCUT2D eigenvalue weighted by Crippen LogP contribution is 2.32. The Morgan fingerprint density at radius 1 is 1.10 bits per heavy atom. The van der Waals surface area contributed by atoms with E-state index >= 15 is 0 Å². The number of sulfone groups is 1. The second-order valence-electron chi connectivity index (χ2n) is 7.49. The number of H-pyrrole nitrogens is 1. The summed E-state index contributed by atoms with van der Waals surface area (Å²) in [5.74, 6) is -1.87. The van der Waals surface area contributed by atoms with Crippen LogP contribution in [0.15, 0.2) is 42.5 Å². The lowest BCUT2D eigenvalue weighted by Crippen LogP contribution is -2.42. The average molecular weight is 434 g/mol. The number of hydrogen-bond acceptors (Lipinski definition) is 4. The van der Waals surface area contributed by atoms with Crippen molar-refractivity contribution in [3.63, 3.8) is 0 Å². The van der Waals surface area contributed by atoms with Crippen LogP contribution in [0.4, 0.5) is 8.78 Å². The van der Waals surface area contributed by atoms with E-state index in [9.17, 15) is 27.1 Å². The van der Waals surface area contributed by atoms with Gasteiger partial charge in [-0.3, -0.25) is 4.79 Å². The second kappa shape index (κ2) is 7.81. The summed E-state index contributed by atoms with van der Waals surface area (Å²) in [5.41, 5.74) is 2.74. The topological polar surface area (TPSA) is 99.3 Å². The van der Waals surface area contributed by atoms with Gasteiger partial charge < -0.3 is 15.4 Å². The van der Waals surface area contributed by atoms with Crippen LogP contribution in [0.25, 0.3) is 22.2 Å². The molecule has 1 amide bonds. The minimum absolute atomic E-state index is 0.0148. The van der Waals surface area contributed by atoms with Gasteiger partial charge >= 0.3 is 0 Å². The van der Waals surface area contributed by atoms with E-state index in [0.717, 1.165) is 0 Å². The van der Waals surface area contributed by atoms with Gasteiger partial charge in [0.1, 0.15) is 11.6 Å². The van der Waals surface area contributed by atoms with Crippen molar-refractivity contribution >= 4 is 26.6 Å². The maximum atomic E-state index is 13.8. The van der Waals surface area contributed by atoms with Crippen LogP contribution in [0.1, 0.15) is 12.0 Å². The van der Waals surface area contributed by atoms with Gasteiger partial charge in [0, 0.05) is 23.0 Å². The zero-order valence-electron chi connectivity index (χ0n) is 15.9. The quantitative estimate of drug-likeness (QED) is 0.574. The van der Waals surface area contributed by atoms with Gasteiger partial charge in [0.05, 0.1) is 23.7 Å². The first-order valence-electron chi connectivity index (χ1n) is 9.46. The summed E-state index contributed by atoms with van der Waals surface area (Å²) in [6.07, 6.45) is -0.866. The Balaban J connectivity index is 1.58. The number of benzene rings is 2. The summed E-state index contributed by atoms with van der Waals surface area (Å²) in [5, 5.41) is 13.0.